The lowest BCUT2D eigenvalue weighted by atomic mass is 10.2. The van der Waals surface area contributed by atoms with Gasteiger partial charge in [0.25, 0.3) is 5.91 Å². The zero-order valence-corrected chi connectivity index (χ0v) is 12.9. The molecule has 0 aliphatic carbocycles. The monoisotopic (exact) mass is 299 g/mol. The number of carbonyl (C=O) groups is 1. The van der Waals surface area contributed by atoms with Gasteiger partial charge in [0.1, 0.15) is 12.4 Å². The molecule has 0 saturated heterocycles. The highest BCUT2D eigenvalue weighted by Crippen LogP contribution is 2.15. The fraction of sp³-hybridized carbons (Fsp3) is 0.235. The number of rotatable bonds is 4. The predicted molar refractivity (Wildman–Crippen MR) is 85.8 cm³/mol. The lowest BCUT2D eigenvalue weighted by Gasteiger charge is -2.04. The van der Waals surface area contributed by atoms with Gasteiger partial charge >= 0.3 is 0 Å². The molecule has 1 aromatic heterocycles. The molecule has 2 aromatic rings. The standard InChI is InChI=1S/C17H17NO2S/c1-13-11-16(21-12-13)17(19)18-9-5-6-10-20-15-8-4-3-7-14(15)2/h3-4,7-8,11-12H,9-10H2,1-2H3,(H,18,19). The molecule has 0 aliphatic heterocycles. The molecule has 0 unspecified atom stereocenters. The van der Waals surface area contributed by atoms with Crippen LogP contribution in [0.2, 0.25) is 0 Å². The summed E-state index contributed by atoms with van der Waals surface area (Å²) in [5.74, 6) is 6.53. The molecule has 0 aliphatic rings. The number of hydrogen-bond acceptors (Lipinski definition) is 3. The van der Waals surface area contributed by atoms with Crippen LogP contribution in [-0.4, -0.2) is 19.1 Å². The van der Waals surface area contributed by atoms with Crippen LogP contribution in [0, 0.1) is 25.7 Å². The first-order valence-corrected chi connectivity index (χ1v) is 7.52. The first kappa shape index (κ1) is 15.1. The summed E-state index contributed by atoms with van der Waals surface area (Å²) < 4.78 is 5.55. The third-order valence-electron chi connectivity index (χ3n) is 2.81. The van der Waals surface area contributed by atoms with E-state index in [-0.39, 0.29) is 5.91 Å². The van der Waals surface area contributed by atoms with E-state index in [1.165, 1.54) is 11.3 Å². The average Bonchev–Trinajstić information content (AvgIpc) is 2.91. The number of ether oxygens (including phenoxy) is 1. The molecule has 3 nitrogen and oxygen atoms in total. The van der Waals surface area contributed by atoms with Crippen LogP contribution in [0.4, 0.5) is 0 Å². The van der Waals surface area contributed by atoms with Crippen LogP contribution >= 0.6 is 11.3 Å². The van der Waals surface area contributed by atoms with Gasteiger partial charge in [-0.15, -0.1) is 11.3 Å². The highest BCUT2D eigenvalue weighted by Gasteiger charge is 2.05. The Kier molecular flexibility index (Phi) is 5.42. The third-order valence-corrected chi connectivity index (χ3v) is 3.86. The summed E-state index contributed by atoms with van der Waals surface area (Å²) in [5, 5.41) is 4.72. The topological polar surface area (TPSA) is 38.3 Å². The van der Waals surface area contributed by atoms with Crippen molar-refractivity contribution in [2.45, 2.75) is 13.8 Å². The average molecular weight is 299 g/mol. The van der Waals surface area contributed by atoms with Crippen molar-refractivity contribution in [3.05, 3.63) is 51.7 Å². The smallest absolute Gasteiger partial charge is 0.262 e. The molecule has 4 heteroatoms. The van der Waals surface area contributed by atoms with E-state index in [2.05, 4.69) is 17.2 Å². The minimum Gasteiger partial charge on any atom is -0.481 e. The maximum atomic E-state index is 11.8. The maximum Gasteiger partial charge on any atom is 0.262 e. The number of amides is 1. The molecule has 1 aromatic carbocycles. The van der Waals surface area contributed by atoms with Crippen LogP contribution < -0.4 is 10.1 Å². The molecule has 1 N–H and O–H groups in total. The van der Waals surface area contributed by atoms with E-state index in [0.717, 1.165) is 16.9 Å². The summed E-state index contributed by atoms with van der Waals surface area (Å²) >= 11 is 1.44. The normalized spacial score (nSPS) is 9.62. The second-order valence-corrected chi connectivity index (χ2v) is 5.49. The van der Waals surface area contributed by atoms with E-state index >= 15 is 0 Å². The Morgan fingerprint density at radius 2 is 2.10 bits per heavy atom. The largest absolute Gasteiger partial charge is 0.481 e. The van der Waals surface area contributed by atoms with Gasteiger partial charge in [-0.3, -0.25) is 4.79 Å². The van der Waals surface area contributed by atoms with Crippen LogP contribution in [0.1, 0.15) is 20.8 Å². The van der Waals surface area contributed by atoms with E-state index in [4.69, 9.17) is 4.74 Å². The molecule has 21 heavy (non-hydrogen) atoms. The van der Waals surface area contributed by atoms with E-state index < -0.39 is 0 Å². The number of nitrogens with one attached hydrogen (secondary N) is 1. The minimum atomic E-state index is -0.0813. The highest BCUT2D eigenvalue weighted by atomic mass is 32.1. The molecular weight excluding hydrogens is 282 g/mol. The first-order valence-electron chi connectivity index (χ1n) is 6.64. The second kappa shape index (κ2) is 7.51. The fourth-order valence-corrected chi connectivity index (χ4v) is 2.52. The van der Waals surface area contributed by atoms with Crippen molar-refractivity contribution >= 4 is 17.2 Å². The molecule has 0 atom stereocenters. The van der Waals surface area contributed by atoms with Gasteiger partial charge in [0.05, 0.1) is 11.4 Å². The van der Waals surface area contributed by atoms with Crippen LogP contribution in [-0.2, 0) is 0 Å². The molecule has 0 bridgehead atoms. The number of para-hydroxylation sites is 1. The Bertz CT molecular complexity index is 679. The molecule has 0 fully saturated rings. The Labute approximate surface area is 129 Å². The second-order valence-electron chi connectivity index (χ2n) is 4.58. The summed E-state index contributed by atoms with van der Waals surface area (Å²) in [7, 11) is 0. The van der Waals surface area contributed by atoms with Crippen molar-refractivity contribution in [1.29, 1.82) is 0 Å². The molecule has 108 valence electrons. The quantitative estimate of drug-likeness (QED) is 0.881. The lowest BCUT2D eigenvalue weighted by Crippen LogP contribution is -2.22. The number of carbonyl (C=O) groups excluding carboxylic acids is 1. The van der Waals surface area contributed by atoms with Crippen molar-refractivity contribution < 1.29 is 9.53 Å². The van der Waals surface area contributed by atoms with Gasteiger partial charge < -0.3 is 10.1 Å². The van der Waals surface area contributed by atoms with Crippen molar-refractivity contribution in [1.82, 2.24) is 5.32 Å². The zero-order valence-electron chi connectivity index (χ0n) is 12.1. The van der Waals surface area contributed by atoms with Gasteiger partial charge in [-0.2, -0.15) is 0 Å². The van der Waals surface area contributed by atoms with Gasteiger partial charge in [-0.1, -0.05) is 30.0 Å². The zero-order chi connectivity index (χ0) is 15.1. The van der Waals surface area contributed by atoms with Crippen molar-refractivity contribution in [3.63, 3.8) is 0 Å². The van der Waals surface area contributed by atoms with Gasteiger partial charge in [0.2, 0.25) is 0 Å². The molecular formula is C17H17NO2S. The summed E-state index contributed by atoms with van der Waals surface area (Å²) in [6, 6.07) is 9.67. The number of thiophene rings is 1. The van der Waals surface area contributed by atoms with Crippen LogP contribution in [0.15, 0.2) is 35.7 Å². The van der Waals surface area contributed by atoms with Crippen molar-refractivity contribution in [2.75, 3.05) is 13.2 Å². The molecule has 0 saturated carbocycles. The number of benzene rings is 1. The minimum absolute atomic E-state index is 0.0813. The lowest BCUT2D eigenvalue weighted by molar-refractivity contribution is 0.0962. The van der Waals surface area contributed by atoms with Crippen LogP contribution in [0.25, 0.3) is 0 Å². The molecule has 1 amide bonds. The van der Waals surface area contributed by atoms with E-state index in [0.29, 0.717) is 18.0 Å². The van der Waals surface area contributed by atoms with Gasteiger partial charge in [0, 0.05) is 0 Å². The Morgan fingerprint density at radius 1 is 1.29 bits per heavy atom. The number of aryl methyl sites for hydroxylation is 2. The van der Waals surface area contributed by atoms with Crippen molar-refractivity contribution in [2.24, 2.45) is 0 Å². The predicted octanol–water partition coefficient (Wildman–Crippen LogP) is 3.18. The van der Waals surface area contributed by atoms with Gasteiger partial charge in [-0.25, -0.2) is 0 Å². The summed E-state index contributed by atoms with van der Waals surface area (Å²) in [4.78, 5) is 12.5. The van der Waals surface area contributed by atoms with Crippen molar-refractivity contribution in [3.8, 4) is 17.6 Å². The Morgan fingerprint density at radius 3 is 2.81 bits per heavy atom. The van der Waals surface area contributed by atoms with E-state index in [9.17, 15) is 4.79 Å². The van der Waals surface area contributed by atoms with Crippen LogP contribution in [0.3, 0.4) is 0 Å². The third kappa shape index (κ3) is 4.66. The van der Waals surface area contributed by atoms with Gasteiger partial charge in [-0.05, 0) is 42.5 Å². The summed E-state index contributed by atoms with van der Waals surface area (Å²) in [5.41, 5.74) is 2.18. The number of hydrogen-bond donors (Lipinski definition) is 1. The molecule has 1 heterocycles. The fourth-order valence-electron chi connectivity index (χ4n) is 1.71. The summed E-state index contributed by atoms with van der Waals surface area (Å²) in [6.07, 6.45) is 0. The van der Waals surface area contributed by atoms with Gasteiger partial charge in [0.15, 0.2) is 0 Å². The first-order chi connectivity index (χ1) is 10.2. The summed E-state index contributed by atoms with van der Waals surface area (Å²) in [6.45, 7) is 4.60. The van der Waals surface area contributed by atoms with E-state index in [1.807, 2.05) is 49.6 Å². The molecule has 2 rings (SSSR count). The Hall–Kier alpha value is -2.25. The van der Waals surface area contributed by atoms with E-state index in [1.54, 1.807) is 0 Å². The molecule has 0 spiro atoms. The maximum absolute atomic E-state index is 11.8. The SMILES string of the molecule is Cc1csc(C(=O)NCC#CCOc2ccccc2C)c1. The molecule has 0 radical (unpaired) electrons. The Balaban J connectivity index is 1.72. The highest BCUT2D eigenvalue weighted by molar-refractivity contribution is 7.12. The van der Waals surface area contributed by atoms with Crippen LogP contribution in [0.5, 0.6) is 5.75 Å².